The number of rotatable bonds is 5. The highest BCUT2D eigenvalue weighted by Gasteiger charge is 2.30. The monoisotopic (exact) mass is 391 g/mol. The zero-order valence-corrected chi connectivity index (χ0v) is 15.8. The first-order valence-electron chi connectivity index (χ1n) is 8.84. The second-order valence-corrected chi connectivity index (χ2v) is 8.40. The van der Waals surface area contributed by atoms with Crippen LogP contribution in [0.5, 0.6) is 0 Å². The van der Waals surface area contributed by atoms with E-state index in [2.05, 4.69) is 20.1 Å². The predicted molar refractivity (Wildman–Crippen MR) is 95.5 cm³/mol. The fraction of sp³-hybridized carbons (Fsp3) is 0.471. The predicted octanol–water partition coefficient (Wildman–Crippen LogP) is 0.524. The Kier molecular flexibility index (Phi) is 4.70. The van der Waals surface area contributed by atoms with Crippen LogP contribution in [0.2, 0.25) is 0 Å². The number of sulfonamides is 1. The molecule has 1 aromatic carbocycles. The van der Waals surface area contributed by atoms with E-state index in [-0.39, 0.29) is 17.4 Å². The normalized spacial score (nSPS) is 19.3. The van der Waals surface area contributed by atoms with Gasteiger partial charge in [-0.1, -0.05) is 6.07 Å². The van der Waals surface area contributed by atoms with Gasteiger partial charge in [0.05, 0.1) is 10.9 Å². The van der Waals surface area contributed by atoms with Crippen LogP contribution in [0, 0.1) is 0 Å². The van der Waals surface area contributed by atoms with Crippen LogP contribution in [-0.4, -0.2) is 42.7 Å². The molecule has 2 aliphatic heterocycles. The van der Waals surface area contributed by atoms with Gasteiger partial charge in [0.2, 0.25) is 10.0 Å². The second-order valence-electron chi connectivity index (χ2n) is 6.68. The first-order chi connectivity index (χ1) is 13.0. The summed E-state index contributed by atoms with van der Waals surface area (Å²) in [6.07, 6.45) is 2.13. The molecule has 144 valence electrons. The van der Waals surface area contributed by atoms with Gasteiger partial charge in [0, 0.05) is 25.8 Å². The first kappa shape index (κ1) is 18.1. The van der Waals surface area contributed by atoms with Gasteiger partial charge >= 0.3 is 0 Å². The van der Waals surface area contributed by atoms with Crippen molar-refractivity contribution < 1.29 is 17.9 Å². The third-order valence-corrected chi connectivity index (χ3v) is 6.27. The fourth-order valence-electron chi connectivity index (χ4n) is 3.51. The second kappa shape index (κ2) is 7.02. The first-order valence-corrected chi connectivity index (χ1v) is 10.3. The van der Waals surface area contributed by atoms with E-state index < -0.39 is 16.1 Å². The maximum absolute atomic E-state index is 12.9. The van der Waals surface area contributed by atoms with Crippen LogP contribution in [0.1, 0.15) is 46.5 Å². The average Bonchev–Trinajstić information content (AvgIpc) is 3.06. The minimum absolute atomic E-state index is 0.0760. The minimum atomic E-state index is -3.80. The molecule has 0 unspecified atom stereocenters. The molecule has 2 N–H and O–H groups in total. The molecule has 0 bridgehead atoms. The molecule has 0 radical (unpaired) electrons. The van der Waals surface area contributed by atoms with Crippen molar-refractivity contribution in [1.82, 2.24) is 24.8 Å². The molecule has 1 aromatic heterocycles. The molecule has 27 heavy (non-hydrogen) atoms. The maximum atomic E-state index is 12.9. The van der Waals surface area contributed by atoms with E-state index in [4.69, 9.17) is 4.74 Å². The van der Waals surface area contributed by atoms with Gasteiger partial charge in [0.25, 0.3) is 5.91 Å². The molecule has 0 saturated carbocycles. The van der Waals surface area contributed by atoms with E-state index in [1.54, 1.807) is 23.9 Å². The summed E-state index contributed by atoms with van der Waals surface area (Å²) in [6, 6.07) is 4.23. The lowest BCUT2D eigenvalue weighted by atomic mass is 10.0. The van der Waals surface area contributed by atoms with Crippen molar-refractivity contribution >= 4 is 15.9 Å². The van der Waals surface area contributed by atoms with Crippen LogP contribution in [0.25, 0.3) is 0 Å². The highest BCUT2D eigenvalue weighted by Crippen LogP contribution is 2.26. The summed E-state index contributed by atoms with van der Waals surface area (Å²) in [5.74, 6) is 0.881. The molecule has 2 aromatic rings. The summed E-state index contributed by atoms with van der Waals surface area (Å²) in [4.78, 5) is 16.5. The largest absolute Gasteiger partial charge is 0.377 e. The molecule has 4 rings (SSSR count). The highest BCUT2D eigenvalue weighted by molar-refractivity contribution is 7.89. The molecular formula is C17H21N5O4S. The number of aryl methyl sites for hydroxylation is 1. The zero-order valence-electron chi connectivity index (χ0n) is 14.9. The number of aromatic nitrogens is 3. The Labute approximate surface area is 157 Å². The molecule has 2 aliphatic rings. The van der Waals surface area contributed by atoms with E-state index in [0.717, 1.165) is 12.0 Å². The molecule has 9 nitrogen and oxygen atoms in total. The van der Waals surface area contributed by atoms with Gasteiger partial charge in [-0.3, -0.25) is 4.79 Å². The molecule has 3 heterocycles. The Hall–Kier alpha value is -2.30. The van der Waals surface area contributed by atoms with Crippen molar-refractivity contribution in [3.05, 3.63) is 41.0 Å². The van der Waals surface area contributed by atoms with Crippen molar-refractivity contribution in [2.75, 3.05) is 13.7 Å². The van der Waals surface area contributed by atoms with Crippen LogP contribution in [0.15, 0.2) is 23.1 Å². The van der Waals surface area contributed by atoms with Gasteiger partial charge in [-0.05, 0) is 37.0 Å². The van der Waals surface area contributed by atoms with E-state index in [0.29, 0.717) is 43.1 Å². The standard InChI is InChI=1S/C17H21N5O4S/c1-26-10-15-19-16-14(3-2-8-22(16)20-15)21-27(24,25)12-5-4-11-6-7-18-17(23)13(11)9-12/h4-5,9,14,21H,2-3,6-8,10H2,1H3,(H,18,23)/t14-/m1/s1. The Bertz CT molecular complexity index is 985. The van der Waals surface area contributed by atoms with Gasteiger partial charge in [0.1, 0.15) is 12.4 Å². The number of fused-ring (bicyclic) bond motifs is 2. The quantitative estimate of drug-likeness (QED) is 0.768. The van der Waals surface area contributed by atoms with Gasteiger partial charge in [0.15, 0.2) is 5.82 Å². The molecule has 0 saturated heterocycles. The lowest BCUT2D eigenvalue weighted by Crippen LogP contribution is -2.34. The van der Waals surface area contributed by atoms with E-state index in [9.17, 15) is 13.2 Å². The summed E-state index contributed by atoms with van der Waals surface area (Å²) in [5.41, 5.74) is 1.28. The third-order valence-electron chi connectivity index (χ3n) is 4.81. The molecule has 0 fully saturated rings. The molecule has 1 amide bonds. The van der Waals surface area contributed by atoms with Crippen LogP contribution >= 0.6 is 0 Å². The number of amides is 1. The number of carbonyl (C=O) groups excluding carboxylic acids is 1. The number of nitrogens with zero attached hydrogens (tertiary/aromatic N) is 3. The van der Waals surface area contributed by atoms with Crippen molar-refractivity contribution in [2.45, 2.75) is 43.4 Å². The van der Waals surface area contributed by atoms with Crippen LogP contribution < -0.4 is 10.0 Å². The van der Waals surface area contributed by atoms with Crippen LogP contribution in [0.3, 0.4) is 0 Å². The van der Waals surface area contributed by atoms with E-state index in [1.807, 2.05) is 0 Å². The number of ether oxygens (including phenoxy) is 1. The molecule has 10 heteroatoms. The molecule has 0 aliphatic carbocycles. The number of benzene rings is 1. The summed E-state index contributed by atoms with van der Waals surface area (Å²) in [5, 5.41) is 7.09. The minimum Gasteiger partial charge on any atom is -0.377 e. The zero-order chi connectivity index (χ0) is 19.0. The molecular weight excluding hydrogens is 370 g/mol. The number of carbonyl (C=O) groups is 1. The van der Waals surface area contributed by atoms with Crippen molar-refractivity contribution in [2.24, 2.45) is 0 Å². The Morgan fingerprint density at radius 2 is 2.26 bits per heavy atom. The van der Waals surface area contributed by atoms with E-state index >= 15 is 0 Å². The lowest BCUT2D eigenvalue weighted by Gasteiger charge is -2.23. The van der Waals surface area contributed by atoms with Crippen molar-refractivity contribution in [1.29, 1.82) is 0 Å². The van der Waals surface area contributed by atoms with Crippen LogP contribution in [-0.2, 0) is 34.3 Å². The highest BCUT2D eigenvalue weighted by atomic mass is 32.2. The van der Waals surface area contributed by atoms with Crippen LogP contribution in [0.4, 0.5) is 0 Å². The molecule has 0 spiro atoms. The number of nitrogens with one attached hydrogen (secondary N) is 2. The molecule has 1 atom stereocenters. The third kappa shape index (κ3) is 3.47. The number of hydrogen-bond donors (Lipinski definition) is 2. The van der Waals surface area contributed by atoms with Crippen molar-refractivity contribution in [3.63, 3.8) is 0 Å². The summed E-state index contributed by atoms with van der Waals surface area (Å²) >= 11 is 0. The van der Waals surface area contributed by atoms with E-state index in [1.165, 1.54) is 6.07 Å². The fourth-order valence-corrected chi connectivity index (χ4v) is 4.77. The SMILES string of the molecule is COCc1nc2n(n1)CCC[C@H]2NS(=O)(=O)c1ccc2c(c1)C(=O)NCC2. The number of methoxy groups -OCH3 is 1. The Morgan fingerprint density at radius 1 is 1.41 bits per heavy atom. The summed E-state index contributed by atoms with van der Waals surface area (Å²) in [7, 11) is -2.24. The summed E-state index contributed by atoms with van der Waals surface area (Å²) < 4.78 is 35.3. The van der Waals surface area contributed by atoms with Gasteiger partial charge in [-0.2, -0.15) is 5.10 Å². The number of hydrogen-bond acceptors (Lipinski definition) is 6. The van der Waals surface area contributed by atoms with Gasteiger partial charge in [-0.15, -0.1) is 0 Å². The maximum Gasteiger partial charge on any atom is 0.251 e. The average molecular weight is 391 g/mol. The summed E-state index contributed by atoms with van der Waals surface area (Å²) in [6.45, 7) is 1.54. The smallest absolute Gasteiger partial charge is 0.251 e. The van der Waals surface area contributed by atoms with Gasteiger partial charge in [-0.25, -0.2) is 22.8 Å². The van der Waals surface area contributed by atoms with Gasteiger partial charge < -0.3 is 10.1 Å². The lowest BCUT2D eigenvalue weighted by molar-refractivity contribution is 0.0945. The Morgan fingerprint density at radius 3 is 3.07 bits per heavy atom. The Balaban J connectivity index is 1.61. The van der Waals surface area contributed by atoms with Crippen molar-refractivity contribution in [3.8, 4) is 0 Å². The topological polar surface area (TPSA) is 115 Å².